The van der Waals surface area contributed by atoms with Gasteiger partial charge in [0.2, 0.25) is 15.9 Å². The van der Waals surface area contributed by atoms with E-state index in [1.807, 2.05) is 0 Å². The van der Waals surface area contributed by atoms with E-state index in [4.69, 9.17) is 11.6 Å². The van der Waals surface area contributed by atoms with E-state index in [2.05, 4.69) is 5.32 Å². The van der Waals surface area contributed by atoms with Crippen molar-refractivity contribution in [2.45, 2.75) is 38.0 Å². The quantitative estimate of drug-likeness (QED) is 0.926. The summed E-state index contributed by atoms with van der Waals surface area (Å²) in [5.74, 6) is -0.329. The fraction of sp³-hybridized carbons (Fsp3) is 0.500. The molecule has 21 heavy (non-hydrogen) atoms. The SMILES string of the molecule is CC(=O)Nc1cc(Cl)c(C)cc1S(=O)(=O)N1CCCCC1. The summed E-state index contributed by atoms with van der Waals surface area (Å²) >= 11 is 6.05. The second-order valence-corrected chi connectivity index (χ2v) is 7.56. The van der Waals surface area contributed by atoms with Gasteiger partial charge < -0.3 is 5.32 Å². The minimum absolute atomic E-state index is 0.113. The average molecular weight is 331 g/mol. The summed E-state index contributed by atoms with van der Waals surface area (Å²) in [4.78, 5) is 11.4. The predicted octanol–water partition coefficient (Wildman–Crippen LogP) is 2.78. The Morgan fingerprint density at radius 2 is 1.86 bits per heavy atom. The zero-order valence-electron chi connectivity index (χ0n) is 12.1. The number of sulfonamides is 1. The summed E-state index contributed by atoms with van der Waals surface area (Å²) in [6, 6.07) is 3.02. The summed E-state index contributed by atoms with van der Waals surface area (Å²) in [6.07, 6.45) is 2.77. The number of nitrogens with one attached hydrogen (secondary N) is 1. The number of rotatable bonds is 3. The van der Waals surface area contributed by atoms with Gasteiger partial charge >= 0.3 is 0 Å². The van der Waals surface area contributed by atoms with Crippen molar-refractivity contribution < 1.29 is 13.2 Å². The van der Waals surface area contributed by atoms with E-state index in [0.717, 1.165) is 19.3 Å². The molecule has 1 amide bonds. The predicted molar refractivity (Wildman–Crippen MR) is 83.1 cm³/mol. The highest BCUT2D eigenvalue weighted by Crippen LogP contribution is 2.31. The molecule has 1 aliphatic rings. The number of carbonyl (C=O) groups excluding carboxylic acids is 1. The molecule has 1 fully saturated rings. The summed E-state index contributed by atoms with van der Waals surface area (Å²) < 4.78 is 27.0. The number of halogens is 1. The Morgan fingerprint density at radius 1 is 1.24 bits per heavy atom. The summed E-state index contributed by atoms with van der Waals surface area (Å²) in [6.45, 7) is 4.12. The molecule has 7 heteroatoms. The second-order valence-electron chi connectivity index (χ2n) is 5.24. The van der Waals surface area contributed by atoms with Gasteiger partial charge in [-0.3, -0.25) is 4.79 Å². The number of benzene rings is 1. The molecule has 1 saturated heterocycles. The first-order chi connectivity index (χ1) is 9.82. The van der Waals surface area contributed by atoms with Crippen molar-refractivity contribution in [3.05, 3.63) is 22.7 Å². The van der Waals surface area contributed by atoms with Crippen molar-refractivity contribution >= 4 is 33.2 Å². The van der Waals surface area contributed by atoms with Gasteiger partial charge in [0.25, 0.3) is 0 Å². The Kier molecular flexibility index (Phi) is 4.91. The Morgan fingerprint density at radius 3 is 2.43 bits per heavy atom. The van der Waals surface area contributed by atoms with E-state index in [1.54, 1.807) is 6.92 Å². The van der Waals surface area contributed by atoms with Gasteiger partial charge in [-0.25, -0.2) is 8.42 Å². The van der Waals surface area contributed by atoms with Gasteiger partial charge in [0.1, 0.15) is 4.90 Å². The Bertz CT molecular complexity index is 652. The van der Waals surface area contributed by atoms with E-state index < -0.39 is 10.0 Å². The van der Waals surface area contributed by atoms with Gasteiger partial charge in [-0.1, -0.05) is 18.0 Å². The third kappa shape index (κ3) is 3.56. The molecule has 0 bridgehead atoms. The van der Waals surface area contributed by atoms with Gasteiger partial charge in [0.05, 0.1) is 5.69 Å². The minimum Gasteiger partial charge on any atom is -0.325 e. The number of aryl methyl sites for hydroxylation is 1. The lowest BCUT2D eigenvalue weighted by Crippen LogP contribution is -2.36. The highest BCUT2D eigenvalue weighted by atomic mass is 35.5. The molecule has 0 aromatic heterocycles. The van der Waals surface area contributed by atoms with Crippen LogP contribution in [-0.4, -0.2) is 31.7 Å². The van der Waals surface area contributed by atoms with Crippen LogP contribution in [0.3, 0.4) is 0 Å². The maximum absolute atomic E-state index is 12.8. The maximum atomic E-state index is 12.8. The van der Waals surface area contributed by atoms with Gasteiger partial charge in [-0.05, 0) is 37.5 Å². The van der Waals surface area contributed by atoms with E-state index in [-0.39, 0.29) is 16.5 Å². The molecule has 2 rings (SSSR count). The number of carbonyl (C=O) groups is 1. The lowest BCUT2D eigenvalue weighted by atomic mass is 10.2. The van der Waals surface area contributed by atoms with Crippen LogP contribution in [0.1, 0.15) is 31.7 Å². The average Bonchev–Trinajstić information content (AvgIpc) is 2.43. The molecular formula is C14H19ClN2O3S. The molecule has 1 N–H and O–H groups in total. The van der Waals surface area contributed by atoms with Crippen LogP contribution in [0.4, 0.5) is 5.69 Å². The van der Waals surface area contributed by atoms with Crippen molar-refractivity contribution in [2.75, 3.05) is 18.4 Å². The van der Waals surface area contributed by atoms with Gasteiger partial charge in [-0.2, -0.15) is 4.31 Å². The minimum atomic E-state index is -3.62. The molecule has 5 nitrogen and oxygen atoms in total. The number of hydrogen-bond acceptors (Lipinski definition) is 3. The molecule has 116 valence electrons. The van der Waals surface area contributed by atoms with Crippen LogP contribution in [0.25, 0.3) is 0 Å². The standard InChI is InChI=1S/C14H19ClN2O3S/c1-10-8-14(13(9-12(10)15)16-11(2)18)21(19,20)17-6-4-3-5-7-17/h8-9H,3-7H2,1-2H3,(H,16,18). The van der Waals surface area contributed by atoms with Gasteiger partial charge in [-0.15, -0.1) is 0 Å². The Balaban J connectivity index is 2.49. The fourth-order valence-electron chi connectivity index (χ4n) is 2.40. The van der Waals surface area contributed by atoms with E-state index in [1.165, 1.54) is 23.4 Å². The van der Waals surface area contributed by atoms with Crippen molar-refractivity contribution in [2.24, 2.45) is 0 Å². The molecule has 0 atom stereocenters. The number of piperidine rings is 1. The normalized spacial score (nSPS) is 16.7. The van der Waals surface area contributed by atoms with Crippen molar-refractivity contribution in [1.29, 1.82) is 0 Å². The van der Waals surface area contributed by atoms with Crippen LogP contribution in [0.5, 0.6) is 0 Å². The fourth-order valence-corrected chi connectivity index (χ4v) is 4.29. The molecule has 1 aromatic rings. The van der Waals surface area contributed by atoms with Gasteiger partial charge in [0.15, 0.2) is 0 Å². The third-order valence-corrected chi connectivity index (χ3v) is 5.85. The first-order valence-corrected chi connectivity index (χ1v) is 8.72. The molecule has 0 saturated carbocycles. The first kappa shape index (κ1) is 16.3. The molecule has 0 radical (unpaired) electrons. The monoisotopic (exact) mass is 330 g/mol. The molecule has 0 unspecified atom stereocenters. The van der Waals surface area contributed by atoms with E-state index >= 15 is 0 Å². The topological polar surface area (TPSA) is 66.5 Å². The van der Waals surface area contributed by atoms with Crippen LogP contribution in [-0.2, 0) is 14.8 Å². The van der Waals surface area contributed by atoms with E-state index in [0.29, 0.717) is 23.7 Å². The number of hydrogen-bond donors (Lipinski definition) is 1. The zero-order chi connectivity index (χ0) is 15.6. The van der Waals surface area contributed by atoms with Crippen LogP contribution < -0.4 is 5.32 Å². The van der Waals surface area contributed by atoms with E-state index in [9.17, 15) is 13.2 Å². The zero-order valence-corrected chi connectivity index (χ0v) is 13.7. The Hall–Kier alpha value is -1.11. The van der Waals surface area contributed by atoms with Crippen molar-refractivity contribution in [3.8, 4) is 0 Å². The third-order valence-electron chi connectivity index (χ3n) is 3.50. The Labute approximate surface area is 130 Å². The lowest BCUT2D eigenvalue weighted by molar-refractivity contribution is -0.114. The number of amides is 1. The largest absolute Gasteiger partial charge is 0.325 e. The first-order valence-electron chi connectivity index (χ1n) is 6.90. The van der Waals surface area contributed by atoms with Gasteiger partial charge in [0, 0.05) is 25.0 Å². The summed E-state index contributed by atoms with van der Waals surface area (Å²) in [5.41, 5.74) is 0.907. The van der Waals surface area contributed by atoms with Crippen molar-refractivity contribution in [3.63, 3.8) is 0 Å². The summed E-state index contributed by atoms with van der Waals surface area (Å²) in [5, 5.41) is 2.98. The highest BCUT2D eigenvalue weighted by Gasteiger charge is 2.29. The van der Waals surface area contributed by atoms with Crippen LogP contribution in [0.15, 0.2) is 17.0 Å². The highest BCUT2D eigenvalue weighted by molar-refractivity contribution is 7.89. The molecule has 0 aliphatic carbocycles. The second kappa shape index (κ2) is 6.34. The number of nitrogens with zero attached hydrogens (tertiary/aromatic N) is 1. The molecule has 1 aromatic carbocycles. The van der Waals surface area contributed by atoms with Crippen LogP contribution in [0.2, 0.25) is 5.02 Å². The molecular weight excluding hydrogens is 312 g/mol. The number of anilines is 1. The smallest absolute Gasteiger partial charge is 0.245 e. The molecule has 1 heterocycles. The maximum Gasteiger partial charge on any atom is 0.245 e. The van der Waals surface area contributed by atoms with Crippen LogP contribution >= 0.6 is 11.6 Å². The molecule has 1 aliphatic heterocycles. The molecule has 0 spiro atoms. The van der Waals surface area contributed by atoms with Crippen LogP contribution in [0, 0.1) is 6.92 Å². The summed E-state index contributed by atoms with van der Waals surface area (Å²) in [7, 11) is -3.62. The van der Waals surface area contributed by atoms with Crippen molar-refractivity contribution in [1.82, 2.24) is 4.31 Å². The lowest BCUT2D eigenvalue weighted by Gasteiger charge is -2.27.